The predicted molar refractivity (Wildman–Crippen MR) is 101 cm³/mol. The van der Waals surface area contributed by atoms with E-state index < -0.39 is 0 Å². The number of anilines is 1. The molecule has 2 nitrogen and oxygen atoms in total. The molecule has 0 atom stereocenters. The Labute approximate surface area is 145 Å². The minimum atomic E-state index is -0.0881. The number of hydrogen-bond acceptors (Lipinski definition) is 1. The average molecular weight is 319 g/mol. The SMILES string of the molecule is CCCCCC#Cc1cccc(NC(=O)c2cc(C)cc(C)c2)c1. The number of benzene rings is 2. The van der Waals surface area contributed by atoms with Gasteiger partial charge in [0.25, 0.3) is 5.91 Å². The molecule has 0 aliphatic heterocycles. The maximum absolute atomic E-state index is 12.4. The van der Waals surface area contributed by atoms with Gasteiger partial charge in [0.1, 0.15) is 0 Å². The van der Waals surface area contributed by atoms with Crippen molar-refractivity contribution in [2.24, 2.45) is 0 Å². The summed E-state index contributed by atoms with van der Waals surface area (Å²) in [4.78, 5) is 12.4. The first-order valence-electron chi connectivity index (χ1n) is 8.57. The molecule has 2 aromatic rings. The second kappa shape index (κ2) is 8.93. The summed E-state index contributed by atoms with van der Waals surface area (Å²) in [5.74, 6) is 6.29. The first kappa shape index (κ1) is 17.8. The van der Waals surface area contributed by atoms with Crippen LogP contribution in [0.1, 0.15) is 59.7 Å². The molecule has 0 bridgehead atoms. The number of carbonyl (C=O) groups excluding carboxylic acids is 1. The van der Waals surface area contributed by atoms with Crippen LogP contribution in [-0.4, -0.2) is 5.91 Å². The molecule has 0 aromatic heterocycles. The van der Waals surface area contributed by atoms with E-state index in [-0.39, 0.29) is 5.91 Å². The van der Waals surface area contributed by atoms with E-state index in [2.05, 4.69) is 30.1 Å². The lowest BCUT2D eigenvalue weighted by Crippen LogP contribution is -2.12. The molecule has 0 aliphatic carbocycles. The molecule has 2 heteroatoms. The largest absolute Gasteiger partial charge is 0.322 e. The highest BCUT2D eigenvalue weighted by Gasteiger charge is 2.07. The molecule has 1 N–H and O–H groups in total. The molecule has 0 saturated heterocycles. The lowest BCUT2D eigenvalue weighted by atomic mass is 10.1. The third-order valence-corrected chi connectivity index (χ3v) is 3.74. The Bertz CT molecular complexity index is 745. The number of carbonyl (C=O) groups is 1. The average Bonchev–Trinajstić information content (AvgIpc) is 2.54. The fourth-order valence-electron chi connectivity index (χ4n) is 2.61. The number of rotatable bonds is 5. The van der Waals surface area contributed by atoms with Gasteiger partial charge in [-0.05, 0) is 50.6 Å². The fourth-order valence-corrected chi connectivity index (χ4v) is 2.61. The summed E-state index contributed by atoms with van der Waals surface area (Å²) in [6.07, 6.45) is 4.50. The molecule has 124 valence electrons. The number of amides is 1. The fraction of sp³-hybridized carbons (Fsp3) is 0.318. The Morgan fingerprint density at radius 1 is 1.04 bits per heavy atom. The van der Waals surface area contributed by atoms with Crippen LogP contribution < -0.4 is 5.32 Å². The summed E-state index contributed by atoms with van der Waals surface area (Å²) in [7, 11) is 0. The molecule has 0 spiro atoms. The summed E-state index contributed by atoms with van der Waals surface area (Å²) >= 11 is 0. The second-order valence-electron chi connectivity index (χ2n) is 6.17. The van der Waals surface area contributed by atoms with E-state index in [0.717, 1.165) is 35.2 Å². The van der Waals surface area contributed by atoms with Crippen molar-refractivity contribution in [3.8, 4) is 11.8 Å². The molecule has 24 heavy (non-hydrogen) atoms. The standard InChI is InChI=1S/C22H25NO/c1-4-5-6-7-8-10-19-11-9-12-21(16-19)23-22(24)20-14-17(2)13-18(3)15-20/h9,11-16H,4-7H2,1-3H3,(H,23,24). The molecule has 0 unspecified atom stereocenters. The summed E-state index contributed by atoms with van der Waals surface area (Å²) in [6.45, 7) is 6.19. The summed E-state index contributed by atoms with van der Waals surface area (Å²) < 4.78 is 0. The van der Waals surface area contributed by atoms with Crippen molar-refractivity contribution >= 4 is 11.6 Å². The van der Waals surface area contributed by atoms with Crippen molar-refractivity contribution < 1.29 is 4.79 Å². The van der Waals surface area contributed by atoms with Gasteiger partial charge in [0.2, 0.25) is 0 Å². The minimum Gasteiger partial charge on any atom is -0.322 e. The van der Waals surface area contributed by atoms with Crippen molar-refractivity contribution in [2.75, 3.05) is 5.32 Å². The maximum Gasteiger partial charge on any atom is 0.255 e. The molecule has 2 rings (SSSR count). The monoisotopic (exact) mass is 319 g/mol. The Hall–Kier alpha value is -2.53. The van der Waals surface area contributed by atoms with Crippen LogP contribution in [0.3, 0.4) is 0 Å². The van der Waals surface area contributed by atoms with Crippen LogP contribution in [0.25, 0.3) is 0 Å². The highest BCUT2D eigenvalue weighted by Crippen LogP contribution is 2.14. The zero-order valence-corrected chi connectivity index (χ0v) is 14.8. The Kier molecular flexibility index (Phi) is 6.63. The van der Waals surface area contributed by atoms with Crippen LogP contribution >= 0.6 is 0 Å². The van der Waals surface area contributed by atoms with Gasteiger partial charge in [0, 0.05) is 23.2 Å². The highest BCUT2D eigenvalue weighted by atomic mass is 16.1. The van der Waals surface area contributed by atoms with E-state index in [4.69, 9.17) is 0 Å². The van der Waals surface area contributed by atoms with E-state index in [9.17, 15) is 4.79 Å². The number of nitrogens with one attached hydrogen (secondary N) is 1. The Morgan fingerprint density at radius 2 is 1.79 bits per heavy atom. The van der Waals surface area contributed by atoms with E-state index in [1.54, 1.807) is 0 Å². The van der Waals surface area contributed by atoms with Gasteiger partial charge in [-0.3, -0.25) is 4.79 Å². The minimum absolute atomic E-state index is 0.0881. The van der Waals surface area contributed by atoms with Crippen LogP contribution in [0.15, 0.2) is 42.5 Å². The van der Waals surface area contributed by atoms with Crippen molar-refractivity contribution in [3.05, 3.63) is 64.7 Å². The van der Waals surface area contributed by atoms with Gasteiger partial charge in [0.05, 0.1) is 0 Å². The first-order chi connectivity index (χ1) is 11.6. The van der Waals surface area contributed by atoms with Crippen molar-refractivity contribution in [3.63, 3.8) is 0 Å². The summed E-state index contributed by atoms with van der Waals surface area (Å²) in [5.41, 5.74) is 4.58. The third kappa shape index (κ3) is 5.59. The quantitative estimate of drug-likeness (QED) is 0.573. The molecular formula is C22H25NO. The van der Waals surface area contributed by atoms with Gasteiger partial charge in [-0.15, -0.1) is 0 Å². The molecule has 0 aliphatic rings. The molecule has 0 radical (unpaired) electrons. The Morgan fingerprint density at radius 3 is 2.50 bits per heavy atom. The van der Waals surface area contributed by atoms with Gasteiger partial charge in [-0.25, -0.2) is 0 Å². The van der Waals surface area contributed by atoms with Crippen molar-refractivity contribution in [1.29, 1.82) is 0 Å². The zero-order valence-electron chi connectivity index (χ0n) is 14.8. The molecule has 1 amide bonds. The van der Waals surface area contributed by atoms with Gasteiger partial charge >= 0.3 is 0 Å². The summed E-state index contributed by atoms with van der Waals surface area (Å²) in [5, 5.41) is 2.96. The lowest BCUT2D eigenvalue weighted by Gasteiger charge is -2.07. The molecular weight excluding hydrogens is 294 g/mol. The van der Waals surface area contributed by atoms with Gasteiger partial charge in [0.15, 0.2) is 0 Å². The van der Waals surface area contributed by atoms with Crippen LogP contribution in [-0.2, 0) is 0 Å². The summed E-state index contributed by atoms with van der Waals surface area (Å²) in [6, 6.07) is 13.6. The van der Waals surface area contributed by atoms with Crippen LogP contribution in [0.5, 0.6) is 0 Å². The van der Waals surface area contributed by atoms with Crippen molar-refractivity contribution in [2.45, 2.75) is 46.5 Å². The third-order valence-electron chi connectivity index (χ3n) is 3.74. The van der Waals surface area contributed by atoms with Crippen LogP contribution in [0.4, 0.5) is 5.69 Å². The number of aryl methyl sites for hydroxylation is 2. The van der Waals surface area contributed by atoms with E-state index in [0.29, 0.717) is 5.56 Å². The zero-order chi connectivity index (χ0) is 17.4. The van der Waals surface area contributed by atoms with Crippen LogP contribution in [0.2, 0.25) is 0 Å². The molecule has 2 aromatic carbocycles. The first-order valence-corrected chi connectivity index (χ1v) is 8.57. The van der Waals surface area contributed by atoms with E-state index in [1.165, 1.54) is 12.8 Å². The number of unbranched alkanes of at least 4 members (excludes halogenated alkanes) is 3. The lowest BCUT2D eigenvalue weighted by molar-refractivity contribution is 0.102. The van der Waals surface area contributed by atoms with Crippen molar-refractivity contribution in [1.82, 2.24) is 0 Å². The maximum atomic E-state index is 12.4. The normalized spacial score (nSPS) is 9.96. The van der Waals surface area contributed by atoms with E-state index in [1.807, 2.05) is 50.2 Å². The number of hydrogen-bond donors (Lipinski definition) is 1. The van der Waals surface area contributed by atoms with Crippen LogP contribution in [0, 0.1) is 25.7 Å². The van der Waals surface area contributed by atoms with Gasteiger partial charge in [-0.2, -0.15) is 0 Å². The highest BCUT2D eigenvalue weighted by molar-refractivity contribution is 6.04. The molecule has 0 fully saturated rings. The second-order valence-corrected chi connectivity index (χ2v) is 6.17. The topological polar surface area (TPSA) is 29.1 Å². The smallest absolute Gasteiger partial charge is 0.255 e. The predicted octanol–water partition coefficient (Wildman–Crippen LogP) is 5.49. The Balaban J connectivity index is 2.04. The molecule has 0 saturated carbocycles. The molecule has 0 heterocycles. The van der Waals surface area contributed by atoms with E-state index >= 15 is 0 Å². The van der Waals surface area contributed by atoms with Gasteiger partial charge in [-0.1, -0.05) is 54.9 Å². The van der Waals surface area contributed by atoms with Gasteiger partial charge < -0.3 is 5.32 Å².